The van der Waals surface area contributed by atoms with Crippen molar-refractivity contribution in [1.82, 2.24) is 25.3 Å². The van der Waals surface area contributed by atoms with E-state index < -0.39 is 0 Å². The lowest BCUT2D eigenvalue weighted by Crippen LogP contribution is -2.18. The molecule has 8 nitrogen and oxygen atoms in total. The summed E-state index contributed by atoms with van der Waals surface area (Å²) in [6.07, 6.45) is 4.83. The Kier molecular flexibility index (Phi) is 5.17. The predicted octanol–water partition coefficient (Wildman–Crippen LogP) is 3.97. The number of nitrogens with zero attached hydrogens (tertiary/aromatic N) is 4. The Bertz CT molecular complexity index is 1180. The highest BCUT2D eigenvalue weighted by atomic mass is 35.5. The molecular weight excluding hydrogens is 392 g/mol. The fraction of sp³-hybridized carbons (Fsp3) is 0.0500. The van der Waals surface area contributed by atoms with Gasteiger partial charge >= 0.3 is 0 Å². The highest BCUT2D eigenvalue weighted by Crippen LogP contribution is 2.26. The number of nitrogens with one attached hydrogen (secondary N) is 2. The Balaban J connectivity index is 1.54. The number of pyridine rings is 2. The maximum absolute atomic E-state index is 11.7. The quantitative estimate of drug-likeness (QED) is 0.483. The second kappa shape index (κ2) is 8.07. The molecule has 0 spiro atoms. The van der Waals surface area contributed by atoms with Crippen molar-refractivity contribution in [3.8, 4) is 11.5 Å². The summed E-state index contributed by atoms with van der Waals surface area (Å²) in [5.41, 5.74) is 1.76. The number of anilines is 2. The van der Waals surface area contributed by atoms with Gasteiger partial charge in [0.15, 0.2) is 0 Å². The van der Waals surface area contributed by atoms with Crippen molar-refractivity contribution in [2.75, 3.05) is 12.4 Å². The van der Waals surface area contributed by atoms with Crippen LogP contribution in [0.3, 0.4) is 0 Å². The number of amides is 1. The van der Waals surface area contributed by atoms with Crippen molar-refractivity contribution in [3.05, 3.63) is 71.9 Å². The van der Waals surface area contributed by atoms with E-state index in [-0.39, 0.29) is 11.6 Å². The highest BCUT2D eigenvalue weighted by Gasteiger charge is 2.08. The van der Waals surface area contributed by atoms with Gasteiger partial charge in [0.05, 0.1) is 17.4 Å². The van der Waals surface area contributed by atoms with E-state index in [0.717, 1.165) is 16.6 Å². The van der Waals surface area contributed by atoms with Gasteiger partial charge in [0.1, 0.15) is 22.3 Å². The van der Waals surface area contributed by atoms with E-state index in [1.54, 1.807) is 49.8 Å². The molecule has 3 heterocycles. The molecule has 29 heavy (non-hydrogen) atoms. The Labute approximate surface area is 171 Å². The normalized spacial score (nSPS) is 10.6. The lowest BCUT2D eigenvalue weighted by Gasteiger charge is -2.09. The zero-order chi connectivity index (χ0) is 20.2. The fourth-order valence-electron chi connectivity index (χ4n) is 2.58. The summed E-state index contributed by atoms with van der Waals surface area (Å²) in [4.78, 5) is 28.6. The van der Waals surface area contributed by atoms with Crippen molar-refractivity contribution in [1.29, 1.82) is 0 Å². The summed E-state index contributed by atoms with van der Waals surface area (Å²) in [6.45, 7) is 0. The summed E-state index contributed by atoms with van der Waals surface area (Å²) < 4.78 is 5.85. The summed E-state index contributed by atoms with van der Waals surface area (Å²) >= 11 is 5.79. The van der Waals surface area contributed by atoms with Crippen LogP contribution >= 0.6 is 11.6 Å². The SMILES string of the molecule is CNC(=O)c1cc(Oc2ccc3nc(Nc4ccc(Cl)nc4)ncc3c2)ccn1. The van der Waals surface area contributed by atoms with Crippen LogP contribution in [0, 0.1) is 0 Å². The smallest absolute Gasteiger partial charge is 0.269 e. The molecule has 1 aromatic carbocycles. The molecule has 0 aliphatic carbocycles. The molecule has 4 rings (SSSR count). The summed E-state index contributed by atoms with van der Waals surface area (Å²) in [7, 11) is 1.55. The van der Waals surface area contributed by atoms with Gasteiger partial charge in [-0.25, -0.2) is 15.0 Å². The first-order valence-corrected chi connectivity index (χ1v) is 9.00. The number of ether oxygens (including phenoxy) is 1. The van der Waals surface area contributed by atoms with E-state index in [9.17, 15) is 4.79 Å². The van der Waals surface area contributed by atoms with Gasteiger partial charge in [-0.2, -0.15) is 0 Å². The molecule has 1 amide bonds. The number of carbonyl (C=O) groups is 1. The van der Waals surface area contributed by atoms with Crippen LogP contribution in [0.1, 0.15) is 10.5 Å². The molecule has 0 saturated carbocycles. The van der Waals surface area contributed by atoms with Crippen LogP contribution in [-0.2, 0) is 0 Å². The monoisotopic (exact) mass is 406 g/mol. The first-order valence-electron chi connectivity index (χ1n) is 8.62. The van der Waals surface area contributed by atoms with E-state index in [4.69, 9.17) is 16.3 Å². The molecule has 0 aliphatic rings. The molecule has 4 aromatic rings. The van der Waals surface area contributed by atoms with Gasteiger partial charge in [-0.3, -0.25) is 9.78 Å². The van der Waals surface area contributed by atoms with Crippen LogP contribution in [-0.4, -0.2) is 32.9 Å². The third-order valence-electron chi connectivity index (χ3n) is 3.96. The number of hydrogen-bond acceptors (Lipinski definition) is 7. The number of aromatic nitrogens is 4. The molecule has 0 bridgehead atoms. The number of hydrogen-bond donors (Lipinski definition) is 2. The maximum atomic E-state index is 11.7. The zero-order valence-corrected chi connectivity index (χ0v) is 16.0. The first-order chi connectivity index (χ1) is 14.1. The standard InChI is InChI=1S/C20H15ClN6O2/c1-22-19(28)17-9-15(6-7-23-17)29-14-3-4-16-12(8-14)10-25-20(27-16)26-13-2-5-18(21)24-11-13/h2-11H,1H3,(H,22,28)(H,25,26,27). The molecule has 0 radical (unpaired) electrons. The average molecular weight is 407 g/mol. The molecule has 0 saturated heterocycles. The molecule has 9 heteroatoms. The van der Waals surface area contributed by atoms with Crippen LogP contribution in [0.4, 0.5) is 11.6 Å². The molecule has 2 N–H and O–H groups in total. The Morgan fingerprint density at radius 1 is 1.00 bits per heavy atom. The van der Waals surface area contributed by atoms with E-state index in [2.05, 4.69) is 30.6 Å². The minimum absolute atomic E-state index is 0.279. The second-order valence-corrected chi connectivity index (χ2v) is 6.35. The molecular formula is C20H15ClN6O2. The topological polar surface area (TPSA) is 102 Å². The average Bonchev–Trinajstić information content (AvgIpc) is 2.75. The molecule has 3 aromatic heterocycles. The van der Waals surface area contributed by atoms with Gasteiger partial charge in [-0.1, -0.05) is 11.6 Å². The second-order valence-electron chi connectivity index (χ2n) is 5.97. The number of carbonyl (C=O) groups excluding carboxylic acids is 1. The van der Waals surface area contributed by atoms with Gasteiger partial charge in [0, 0.05) is 30.9 Å². The minimum atomic E-state index is -0.279. The van der Waals surface area contributed by atoms with E-state index in [1.165, 1.54) is 6.20 Å². The highest BCUT2D eigenvalue weighted by molar-refractivity contribution is 6.29. The molecule has 0 fully saturated rings. The minimum Gasteiger partial charge on any atom is -0.457 e. The van der Waals surface area contributed by atoms with Crippen molar-refractivity contribution < 1.29 is 9.53 Å². The molecule has 0 atom stereocenters. The summed E-state index contributed by atoms with van der Waals surface area (Å²) in [5.74, 6) is 1.27. The third kappa shape index (κ3) is 4.39. The van der Waals surface area contributed by atoms with E-state index in [0.29, 0.717) is 22.6 Å². The Morgan fingerprint density at radius 3 is 2.66 bits per heavy atom. The third-order valence-corrected chi connectivity index (χ3v) is 4.19. The van der Waals surface area contributed by atoms with Crippen LogP contribution in [0.2, 0.25) is 5.15 Å². The lowest BCUT2D eigenvalue weighted by atomic mass is 10.2. The van der Waals surface area contributed by atoms with Gasteiger partial charge in [-0.15, -0.1) is 0 Å². The van der Waals surface area contributed by atoms with Crippen molar-refractivity contribution >= 4 is 40.0 Å². The Hall–Kier alpha value is -3.78. The van der Waals surface area contributed by atoms with Crippen molar-refractivity contribution in [3.63, 3.8) is 0 Å². The fourth-order valence-corrected chi connectivity index (χ4v) is 2.69. The largest absolute Gasteiger partial charge is 0.457 e. The van der Waals surface area contributed by atoms with Gasteiger partial charge in [0.2, 0.25) is 5.95 Å². The van der Waals surface area contributed by atoms with E-state index in [1.807, 2.05) is 12.1 Å². The predicted molar refractivity (Wildman–Crippen MR) is 110 cm³/mol. The van der Waals surface area contributed by atoms with Crippen LogP contribution in [0.15, 0.2) is 61.1 Å². The van der Waals surface area contributed by atoms with Crippen LogP contribution in [0.25, 0.3) is 10.9 Å². The van der Waals surface area contributed by atoms with E-state index >= 15 is 0 Å². The van der Waals surface area contributed by atoms with Crippen molar-refractivity contribution in [2.45, 2.75) is 0 Å². The summed E-state index contributed by atoms with van der Waals surface area (Å²) in [6, 6.07) is 12.2. The van der Waals surface area contributed by atoms with Gasteiger partial charge in [0.25, 0.3) is 5.91 Å². The maximum Gasteiger partial charge on any atom is 0.269 e. The first kappa shape index (κ1) is 18.6. The van der Waals surface area contributed by atoms with Crippen LogP contribution < -0.4 is 15.4 Å². The molecule has 0 unspecified atom stereocenters. The van der Waals surface area contributed by atoms with Crippen molar-refractivity contribution in [2.24, 2.45) is 0 Å². The number of fused-ring (bicyclic) bond motifs is 1. The lowest BCUT2D eigenvalue weighted by molar-refractivity contribution is 0.0958. The van der Waals surface area contributed by atoms with Gasteiger partial charge in [-0.05, 0) is 36.4 Å². The van der Waals surface area contributed by atoms with Crippen LogP contribution in [0.5, 0.6) is 11.5 Å². The summed E-state index contributed by atoms with van der Waals surface area (Å²) in [5, 5.41) is 6.84. The number of halogens is 1. The number of rotatable bonds is 5. The molecule has 0 aliphatic heterocycles. The van der Waals surface area contributed by atoms with Gasteiger partial charge < -0.3 is 15.4 Å². The Morgan fingerprint density at radius 2 is 1.86 bits per heavy atom. The molecule has 144 valence electrons. The zero-order valence-electron chi connectivity index (χ0n) is 15.3. The number of benzene rings is 1.